The zero-order valence-electron chi connectivity index (χ0n) is 14.2. The molecule has 4 heteroatoms. The Hall–Kier alpha value is -1.91. The number of rotatable bonds is 7. The summed E-state index contributed by atoms with van der Waals surface area (Å²) in [7, 11) is 0. The van der Waals surface area contributed by atoms with Crippen LogP contribution < -0.4 is 10.1 Å². The molecule has 1 heterocycles. The lowest BCUT2D eigenvalue weighted by molar-refractivity contribution is 0.198. The molecule has 1 aliphatic rings. The van der Waals surface area contributed by atoms with Crippen LogP contribution in [-0.4, -0.2) is 30.6 Å². The fourth-order valence-corrected chi connectivity index (χ4v) is 3.21. The second-order valence-corrected chi connectivity index (χ2v) is 6.28. The minimum Gasteiger partial charge on any atom is -0.457 e. The summed E-state index contributed by atoms with van der Waals surface area (Å²) in [5.41, 5.74) is 1.17. The summed E-state index contributed by atoms with van der Waals surface area (Å²) in [5, 5.41) is 3.45. The Morgan fingerprint density at radius 1 is 1.17 bits per heavy atom. The highest BCUT2D eigenvalue weighted by Crippen LogP contribution is 2.27. The van der Waals surface area contributed by atoms with Crippen molar-refractivity contribution in [3.05, 3.63) is 59.9 Å². The van der Waals surface area contributed by atoms with Gasteiger partial charge in [-0.05, 0) is 56.3 Å². The van der Waals surface area contributed by atoms with Crippen molar-refractivity contribution in [1.29, 1.82) is 0 Å². The lowest BCUT2D eigenvalue weighted by Gasteiger charge is -2.28. The van der Waals surface area contributed by atoms with Gasteiger partial charge in [0.15, 0.2) is 0 Å². The summed E-state index contributed by atoms with van der Waals surface area (Å²) in [4.78, 5) is 2.53. The van der Waals surface area contributed by atoms with E-state index in [0.717, 1.165) is 38.3 Å². The van der Waals surface area contributed by atoms with E-state index in [0.29, 0.717) is 11.8 Å². The standard InChI is InChI=1S/C20H25FN2O/c1-2-13-23(18-11-12-22-14-18)15-16-5-3-4-6-20(16)24-19-9-7-17(21)8-10-19/h3-10,18,22H,2,11-15H2,1H3/t18-/m0/s1. The van der Waals surface area contributed by atoms with Gasteiger partial charge in [0, 0.05) is 24.7 Å². The van der Waals surface area contributed by atoms with Crippen molar-refractivity contribution in [1.82, 2.24) is 10.2 Å². The van der Waals surface area contributed by atoms with Crippen molar-refractivity contribution >= 4 is 0 Å². The Morgan fingerprint density at radius 2 is 1.96 bits per heavy atom. The van der Waals surface area contributed by atoms with Crippen LogP contribution in [0.25, 0.3) is 0 Å². The quantitative estimate of drug-likeness (QED) is 0.825. The van der Waals surface area contributed by atoms with E-state index >= 15 is 0 Å². The van der Waals surface area contributed by atoms with Gasteiger partial charge in [-0.25, -0.2) is 4.39 Å². The van der Waals surface area contributed by atoms with Gasteiger partial charge in [-0.2, -0.15) is 0 Å². The van der Waals surface area contributed by atoms with Crippen LogP contribution in [0.1, 0.15) is 25.3 Å². The molecule has 1 N–H and O–H groups in total. The molecule has 0 aromatic heterocycles. The summed E-state index contributed by atoms with van der Waals surface area (Å²) >= 11 is 0. The molecule has 2 aromatic rings. The Kier molecular flexibility index (Phi) is 5.83. The first-order valence-electron chi connectivity index (χ1n) is 8.72. The molecule has 0 spiro atoms. The first-order valence-corrected chi connectivity index (χ1v) is 8.72. The first-order chi connectivity index (χ1) is 11.8. The number of benzene rings is 2. The minimum absolute atomic E-state index is 0.251. The number of ether oxygens (including phenoxy) is 1. The Labute approximate surface area is 143 Å². The average molecular weight is 328 g/mol. The second-order valence-electron chi connectivity index (χ2n) is 6.28. The largest absolute Gasteiger partial charge is 0.457 e. The Balaban J connectivity index is 1.75. The summed E-state index contributed by atoms with van der Waals surface area (Å²) in [6, 6.07) is 14.9. The van der Waals surface area contributed by atoms with Crippen LogP contribution in [0.4, 0.5) is 4.39 Å². The van der Waals surface area contributed by atoms with Crippen LogP contribution in [0, 0.1) is 5.82 Å². The molecular formula is C20H25FN2O. The third kappa shape index (κ3) is 4.34. The van der Waals surface area contributed by atoms with Crippen LogP contribution in [0.2, 0.25) is 0 Å². The van der Waals surface area contributed by atoms with Crippen molar-refractivity contribution in [2.45, 2.75) is 32.4 Å². The third-order valence-electron chi connectivity index (χ3n) is 4.45. The monoisotopic (exact) mass is 328 g/mol. The van der Waals surface area contributed by atoms with Gasteiger partial charge in [-0.15, -0.1) is 0 Å². The van der Waals surface area contributed by atoms with Gasteiger partial charge in [0.2, 0.25) is 0 Å². The molecule has 3 nitrogen and oxygen atoms in total. The van der Waals surface area contributed by atoms with Crippen molar-refractivity contribution in [2.75, 3.05) is 19.6 Å². The molecule has 0 amide bonds. The number of nitrogens with one attached hydrogen (secondary N) is 1. The van der Waals surface area contributed by atoms with E-state index in [-0.39, 0.29) is 5.82 Å². The molecule has 1 atom stereocenters. The summed E-state index contributed by atoms with van der Waals surface area (Å²) < 4.78 is 19.1. The fraction of sp³-hybridized carbons (Fsp3) is 0.400. The maximum atomic E-state index is 13.1. The van der Waals surface area contributed by atoms with Crippen molar-refractivity contribution in [2.24, 2.45) is 0 Å². The zero-order chi connectivity index (χ0) is 16.8. The molecule has 1 aliphatic heterocycles. The van der Waals surface area contributed by atoms with Crippen molar-refractivity contribution < 1.29 is 9.13 Å². The van der Waals surface area contributed by atoms with Gasteiger partial charge >= 0.3 is 0 Å². The van der Waals surface area contributed by atoms with Gasteiger partial charge in [0.05, 0.1) is 0 Å². The highest BCUT2D eigenvalue weighted by molar-refractivity contribution is 5.37. The molecule has 3 rings (SSSR count). The molecule has 0 bridgehead atoms. The molecule has 0 aliphatic carbocycles. The fourth-order valence-electron chi connectivity index (χ4n) is 3.21. The van der Waals surface area contributed by atoms with E-state index in [9.17, 15) is 4.39 Å². The van der Waals surface area contributed by atoms with Crippen molar-refractivity contribution in [3.63, 3.8) is 0 Å². The van der Waals surface area contributed by atoms with Gasteiger partial charge in [0.1, 0.15) is 17.3 Å². The van der Waals surface area contributed by atoms with Gasteiger partial charge in [-0.3, -0.25) is 4.90 Å². The van der Waals surface area contributed by atoms with Crippen LogP contribution in [0.3, 0.4) is 0 Å². The topological polar surface area (TPSA) is 24.5 Å². The van der Waals surface area contributed by atoms with Crippen LogP contribution in [-0.2, 0) is 6.54 Å². The maximum Gasteiger partial charge on any atom is 0.131 e. The highest BCUT2D eigenvalue weighted by Gasteiger charge is 2.22. The first kappa shape index (κ1) is 16.9. The number of hydrogen-bond acceptors (Lipinski definition) is 3. The Morgan fingerprint density at radius 3 is 2.67 bits per heavy atom. The molecule has 1 fully saturated rings. The SMILES string of the molecule is CCCN(Cc1ccccc1Oc1ccc(F)cc1)[C@H]1CCNC1. The van der Waals surface area contributed by atoms with Crippen LogP contribution in [0.15, 0.2) is 48.5 Å². The summed E-state index contributed by atoms with van der Waals surface area (Å²) in [5.74, 6) is 1.25. The van der Waals surface area contributed by atoms with Crippen LogP contribution in [0.5, 0.6) is 11.5 Å². The summed E-state index contributed by atoms with van der Waals surface area (Å²) in [6.45, 7) is 6.32. The predicted molar refractivity (Wildman–Crippen MR) is 94.9 cm³/mol. The number of hydrogen-bond donors (Lipinski definition) is 1. The van der Waals surface area contributed by atoms with Gasteiger partial charge in [0.25, 0.3) is 0 Å². The molecule has 0 radical (unpaired) electrons. The number of halogens is 1. The van der Waals surface area contributed by atoms with E-state index in [4.69, 9.17) is 4.74 Å². The molecule has 24 heavy (non-hydrogen) atoms. The number of nitrogens with zero attached hydrogens (tertiary/aromatic N) is 1. The van der Waals surface area contributed by atoms with E-state index in [1.54, 1.807) is 12.1 Å². The van der Waals surface area contributed by atoms with E-state index in [1.165, 1.54) is 24.1 Å². The third-order valence-corrected chi connectivity index (χ3v) is 4.45. The lowest BCUT2D eigenvalue weighted by atomic mass is 10.1. The summed E-state index contributed by atoms with van der Waals surface area (Å²) in [6.07, 6.45) is 2.33. The molecule has 0 unspecified atom stereocenters. The van der Waals surface area contributed by atoms with Crippen LogP contribution >= 0.6 is 0 Å². The smallest absolute Gasteiger partial charge is 0.131 e. The highest BCUT2D eigenvalue weighted by atomic mass is 19.1. The van der Waals surface area contributed by atoms with Gasteiger partial charge in [-0.1, -0.05) is 25.1 Å². The van der Waals surface area contributed by atoms with E-state index in [1.807, 2.05) is 18.2 Å². The molecular weight excluding hydrogens is 303 g/mol. The maximum absolute atomic E-state index is 13.1. The number of para-hydroxylation sites is 1. The molecule has 0 saturated carbocycles. The lowest BCUT2D eigenvalue weighted by Crippen LogP contribution is -2.37. The van der Waals surface area contributed by atoms with Gasteiger partial charge < -0.3 is 10.1 Å². The average Bonchev–Trinajstić information content (AvgIpc) is 3.13. The van der Waals surface area contributed by atoms with Crippen molar-refractivity contribution in [3.8, 4) is 11.5 Å². The Bertz CT molecular complexity index is 638. The predicted octanol–water partition coefficient (Wildman–Crippen LogP) is 4.19. The van der Waals surface area contributed by atoms with E-state index in [2.05, 4.69) is 23.2 Å². The zero-order valence-corrected chi connectivity index (χ0v) is 14.2. The molecule has 1 saturated heterocycles. The molecule has 2 aromatic carbocycles. The molecule has 128 valence electrons. The van der Waals surface area contributed by atoms with E-state index < -0.39 is 0 Å². The second kappa shape index (κ2) is 8.27. The normalized spacial score (nSPS) is 17.4. The minimum atomic E-state index is -0.251.